The molecule has 0 amide bonds. The van der Waals surface area contributed by atoms with Crippen LogP contribution in [0.3, 0.4) is 0 Å². The highest BCUT2D eigenvalue weighted by Crippen LogP contribution is 2.34. The molecule has 0 aliphatic rings. The molecule has 2 heterocycles. The smallest absolute Gasteiger partial charge is 0.150 e. The van der Waals surface area contributed by atoms with Crippen LogP contribution in [0.2, 0.25) is 0 Å². The highest BCUT2D eigenvalue weighted by atomic mass is 32.1. The van der Waals surface area contributed by atoms with Crippen molar-refractivity contribution in [3.05, 3.63) is 36.4 Å². The Morgan fingerprint density at radius 2 is 1.95 bits per heavy atom. The van der Waals surface area contributed by atoms with Gasteiger partial charge < -0.3 is 9.64 Å². The largest absolute Gasteiger partial charge is 0.494 e. The lowest BCUT2D eigenvalue weighted by atomic mass is 10.2. The monoisotopic (exact) mass is 313 g/mol. The molecule has 0 spiro atoms. The Morgan fingerprint density at radius 3 is 2.64 bits per heavy atom. The van der Waals surface area contributed by atoms with Crippen LogP contribution < -0.4 is 9.64 Å². The van der Waals surface area contributed by atoms with E-state index < -0.39 is 0 Å². The van der Waals surface area contributed by atoms with Gasteiger partial charge in [-0.3, -0.25) is 0 Å². The molecule has 22 heavy (non-hydrogen) atoms. The van der Waals surface area contributed by atoms with Crippen molar-refractivity contribution in [3.63, 3.8) is 0 Å². The molecule has 0 fully saturated rings. The van der Waals surface area contributed by atoms with E-state index in [0.29, 0.717) is 0 Å². The summed E-state index contributed by atoms with van der Waals surface area (Å²) in [5.41, 5.74) is 0.905. The molecule has 0 N–H and O–H groups in total. The van der Waals surface area contributed by atoms with Gasteiger partial charge in [0.1, 0.15) is 11.4 Å². The van der Waals surface area contributed by atoms with Crippen LogP contribution in [0.15, 0.2) is 36.4 Å². The number of thiophene rings is 1. The number of hydrogen-bond donors (Lipinski definition) is 0. The minimum Gasteiger partial charge on any atom is -0.494 e. The molecule has 0 aliphatic heterocycles. The summed E-state index contributed by atoms with van der Waals surface area (Å²) in [6.07, 6.45) is 1.02. The van der Waals surface area contributed by atoms with Gasteiger partial charge in [-0.1, -0.05) is 6.92 Å². The minimum absolute atomic E-state index is 0.751. The molecule has 0 radical (unpaired) electrons. The fourth-order valence-electron chi connectivity index (χ4n) is 2.14. The molecular weight excluding hydrogens is 294 g/mol. The fourth-order valence-corrected chi connectivity index (χ4v) is 3.20. The zero-order valence-electron chi connectivity index (χ0n) is 13.0. The molecule has 0 saturated carbocycles. The molecule has 3 rings (SSSR count). The summed E-state index contributed by atoms with van der Waals surface area (Å²) >= 11 is 1.72. The normalized spacial score (nSPS) is 10.9. The van der Waals surface area contributed by atoms with Gasteiger partial charge >= 0.3 is 0 Å². The topological polar surface area (TPSA) is 38.2 Å². The van der Waals surface area contributed by atoms with E-state index in [9.17, 15) is 0 Å². The predicted octanol–water partition coefficient (Wildman–Crippen LogP) is 4.21. The van der Waals surface area contributed by atoms with Crippen LogP contribution in [0.25, 0.3) is 20.7 Å². The van der Waals surface area contributed by atoms with Crippen LogP contribution in [0, 0.1) is 0 Å². The lowest BCUT2D eigenvalue weighted by Gasteiger charge is -2.09. The lowest BCUT2D eigenvalue weighted by molar-refractivity contribution is 0.318. The molecule has 0 bridgehead atoms. The summed E-state index contributed by atoms with van der Waals surface area (Å²) in [4.78, 5) is 3.07. The Bertz CT molecular complexity index is 765. The maximum Gasteiger partial charge on any atom is 0.150 e. The van der Waals surface area contributed by atoms with E-state index in [0.717, 1.165) is 35.2 Å². The van der Waals surface area contributed by atoms with Crippen LogP contribution in [0.5, 0.6) is 5.75 Å². The first-order chi connectivity index (χ1) is 10.7. The maximum atomic E-state index is 5.69. The molecule has 114 valence electrons. The third-order valence-corrected chi connectivity index (χ3v) is 4.45. The second-order valence-corrected chi connectivity index (χ2v) is 6.41. The molecule has 1 aromatic carbocycles. The predicted molar refractivity (Wildman–Crippen MR) is 93.0 cm³/mol. The summed E-state index contributed by atoms with van der Waals surface area (Å²) in [6.45, 7) is 2.86. The molecule has 5 heteroatoms. The number of rotatable bonds is 5. The van der Waals surface area contributed by atoms with Gasteiger partial charge in [-0.05, 0) is 48.2 Å². The van der Waals surface area contributed by atoms with Gasteiger partial charge in [-0.15, -0.1) is 21.5 Å². The lowest BCUT2D eigenvalue weighted by Crippen LogP contribution is -2.11. The average Bonchev–Trinajstić information content (AvgIpc) is 2.96. The van der Waals surface area contributed by atoms with Crippen LogP contribution in [-0.4, -0.2) is 30.9 Å². The molecule has 0 atom stereocenters. The van der Waals surface area contributed by atoms with Gasteiger partial charge in [0.15, 0.2) is 5.82 Å². The minimum atomic E-state index is 0.751. The Balaban J connectivity index is 1.90. The first-order valence-electron chi connectivity index (χ1n) is 7.35. The van der Waals surface area contributed by atoms with Crippen molar-refractivity contribution in [2.75, 3.05) is 25.6 Å². The van der Waals surface area contributed by atoms with Gasteiger partial charge in [-0.25, -0.2) is 0 Å². The highest BCUT2D eigenvalue weighted by molar-refractivity contribution is 7.22. The molecule has 0 aliphatic carbocycles. The van der Waals surface area contributed by atoms with Crippen molar-refractivity contribution in [1.82, 2.24) is 10.2 Å². The molecular formula is C17H19N3OS. The van der Waals surface area contributed by atoms with Gasteiger partial charge in [-0.2, -0.15) is 0 Å². The molecule has 2 aromatic heterocycles. The van der Waals surface area contributed by atoms with Gasteiger partial charge in [0.25, 0.3) is 0 Å². The average molecular weight is 313 g/mol. The van der Waals surface area contributed by atoms with Crippen molar-refractivity contribution < 1.29 is 4.74 Å². The van der Waals surface area contributed by atoms with Crippen molar-refractivity contribution in [3.8, 4) is 16.3 Å². The number of fused-ring (bicyclic) bond motifs is 1. The molecule has 4 nitrogen and oxygen atoms in total. The summed E-state index contributed by atoms with van der Waals surface area (Å²) < 4.78 is 6.90. The Hall–Kier alpha value is -2.14. The van der Waals surface area contributed by atoms with Crippen molar-refractivity contribution in [1.29, 1.82) is 0 Å². The Labute approximate surface area is 134 Å². The maximum absolute atomic E-state index is 5.69. The first kappa shape index (κ1) is 14.8. The third-order valence-electron chi connectivity index (χ3n) is 3.33. The number of aromatic nitrogens is 2. The van der Waals surface area contributed by atoms with Crippen LogP contribution in [-0.2, 0) is 0 Å². The van der Waals surface area contributed by atoms with E-state index in [1.54, 1.807) is 11.3 Å². The van der Waals surface area contributed by atoms with E-state index in [4.69, 9.17) is 4.74 Å². The zero-order valence-corrected chi connectivity index (χ0v) is 13.9. The van der Waals surface area contributed by atoms with E-state index in [-0.39, 0.29) is 0 Å². The number of anilines is 1. The van der Waals surface area contributed by atoms with E-state index >= 15 is 0 Å². The molecule has 0 unspecified atom stereocenters. The van der Waals surface area contributed by atoms with E-state index in [1.165, 1.54) is 10.1 Å². The van der Waals surface area contributed by atoms with Crippen LogP contribution in [0.1, 0.15) is 13.3 Å². The standard InChI is InChI=1S/C17H19N3OS/c1-4-9-21-13-6-5-12-10-16(22-15(12)11-13)14-7-8-17(19-18-14)20(2)3/h5-8,10-11H,4,9H2,1-3H3. The number of ether oxygens (including phenoxy) is 1. The first-order valence-corrected chi connectivity index (χ1v) is 8.17. The second kappa shape index (κ2) is 6.32. The van der Waals surface area contributed by atoms with E-state index in [2.05, 4.69) is 35.3 Å². The molecule has 3 aromatic rings. The highest BCUT2D eigenvalue weighted by Gasteiger charge is 2.08. The quantitative estimate of drug-likeness (QED) is 0.707. The Morgan fingerprint density at radius 1 is 1.09 bits per heavy atom. The molecule has 0 saturated heterocycles. The summed E-state index contributed by atoms with van der Waals surface area (Å²) in [5, 5.41) is 9.78. The van der Waals surface area contributed by atoms with Crippen molar-refractivity contribution >= 4 is 27.2 Å². The van der Waals surface area contributed by atoms with E-state index in [1.807, 2.05) is 37.2 Å². The SMILES string of the molecule is CCCOc1ccc2cc(-c3ccc(N(C)C)nn3)sc2c1. The van der Waals surface area contributed by atoms with Gasteiger partial charge in [0.2, 0.25) is 0 Å². The third kappa shape index (κ3) is 3.04. The summed E-state index contributed by atoms with van der Waals surface area (Å²) in [6, 6.07) is 12.4. The summed E-state index contributed by atoms with van der Waals surface area (Å²) in [7, 11) is 3.92. The zero-order chi connectivity index (χ0) is 15.5. The van der Waals surface area contributed by atoms with Gasteiger partial charge in [0, 0.05) is 18.8 Å². The van der Waals surface area contributed by atoms with Crippen LogP contribution in [0.4, 0.5) is 5.82 Å². The Kier molecular flexibility index (Phi) is 4.24. The number of benzene rings is 1. The number of hydrogen-bond acceptors (Lipinski definition) is 5. The van der Waals surface area contributed by atoms with Gasteiger partial charge in [0.05, 0.1) is 11.5 Å². The van der Waals surface area contributed by atoms with Crippen molar-refractivity contribution in [2.45, 2.75) is 13.3 Å². The fraction of sp³-hybridized carbons (Fsp3) is 0.294. The van der Waals surface area contributed by atoms with Crippen LogP contribution >= 0.6 is 11.3 Å². The summed E-state index contributed by atoms with van der Waals surface area (Å²) in [5.74, 6) is 1.79. The van der Waals surface area contributed by atoms with Crippen molar-refractivity contribution in [2.24, 2.45) is 0 Å². The second-order valence-electron chi connectivity index (χ2n) is 5.33. The number of nitrogens with zero attached hydrogens (tertiary/aromatic N) is 3.